The summed E-state index contributed by atoms with van der Waals surface area (Å²) >= 11 is 0. The zero-order valence-electron chi connectivity index (χ0n) is 11.0. The average Bonchev–Trinajstić information content (AvgIpc) is 2.44. The maximum Gasteiger partial charge on any atom is 0.328 e. The van der Waals surface area contributed by atoms with E-state index in [4.69, 9.17) is 9.84 Å². The lowest BCUT2D eigenvalue weighted by molar-refractivity contribution is -0.131. The third-order valence-electron chi connectivity index (χ3n) is 2.59. The first kappa shape index (κ1) is 14.6. The van der Waals surface area contributed by atoms with E-state index in [0.717, 1.165) is 12.1 Å². The van der Waals surface area contributed by atoms with Crippen LogP contribution < -0.4 is 4.74 Å². The van der Waals surface area contributed by atoms with Gasteiger partial charge in [0.05, 0.1) is 0 Å². The van der Waals surface area contributed by atoms with Gasteiger partial charge in [-0.1, -0.05) is 6.07 Å². The molecule has 2 rings (SSSR count). The number of hydrogen-bond donors (Lipinski definition) is 1. The maximum atomic E-state index is 13.5. The van der Waals surface area contributed by atoms with Gasteiger partial charge in [-0.05, 0) is 36.8 Å². The molecule has 2 aromatic rings. The van der Waals surface area contributed by atoms with Crippen molar-refractivity contribution < 1.29 is 23.4 Å². The van der Waals surface area contributed by atoms with Crippen LogP contribution in [0.5, 0.6) is 11.6 Å². The third-order valence-corrected chi connectivity index (χ3v) is 2.59. The molecule has 108 valence electrons. The molecule has 6 heteroatoms. The topological polar surface area (TPSA) is 59.4 Å². The van der Waals surface area contributed by atoms with Gasteiger partial charge >= 0.3 is 5.97 Å². The number of aryl methyl sites for hydroxylation is 1. The van der Waals surface area contributed by atoms with Gasteiger partial charge in [0.15, 0.2) is 11.6 Å². The Kier molecular flexibility index (Phi) is 4.27. The van der Waals surface area contributed by atoms with E-state index in [1.807, 2.05) is 0 Å². The van der Waals surface area contributed by atoms with E-state index in [1.165, 1.54) is 24.4 Å². The highest BCUT2D eigenvalue weighted by molar-refractivity contribution is 5.85. The molecule has 0 saturated heterocycles. The molecule has 0 fully saturated rings. The second-order valence-corrected chi connectivity index (χ2v) is 4.22. The van der Waals surface area contributed by atoms with E-state index in [9.17, 15) is 13.6 Å². The summed E-state index contributed by atoms with van der Waals surface area (Å²) in [6, 6.07) is 5.23. The Labute approximate surface area is 119 Å². The standard InChI is InChI=1S/C15H11F2NO3/c1-9-7-10(5-6-13(19)20)8-18-15(9)21-12-4-2-3-11(16)14(12)17/h2-8H,1H3,(H,19,20)/b6-5+. The molecule has 1 heterocycles. The molecule has 21 heavy (non-hydrogen) atoms. The molecular formula is C15H11F2NO3. The summed E-state index contributed by atoms with van der Waals surface area (Å²) in [6.07, 6.45) is 3.72. The molecule has 0 radical (unpaired) electrons. The van der Waals surface area contributed by atoms with Gasteiger partial charge in [0, 0.05) is 17.8 Å². The first-order valence-corrected chi connectivity index (χ1v) is 5.97. The van der Waals surface area contributed by atoms with Crippen molar-refractivity contribution in [2.75, 3.05) is 0 Å². The predicted octanol–water partition coefficient (Wildman–Crippen LogP) is 3.56. The molecule has 4 nitrogen and oxygen atoms in total. The molecule has 0 saturated carbocycles. The van der Waals surface area contributed by atoms with Gasteiger partial charge in [-0.25, -0.2) is 14.2 Å². The van der Waals surface area contributed by atoms with Crippen molar-refractivity contribution >= 4 is 12.0 Å². The monoisotopic (exact) mass is 291 g/mol. The number of carbonyl (C=O) groups is 1. The van der Waals surface area contributed by atoms with Crippen LogP contribution in [0, 0.1) is 18.6 Å². The number of carboxylic acid groups (broad SMARTS) is 1. The average molecular weight is 291 g/mol. The van der Waals surface area contributed by atoms with Gasteiger partial charge in [0.2, 0.25) is 11.7 Å². The molecule has 0 atom stereocenters. The fourth-order valence-electron chi connectivity index (χ4n) is 1.62. The van der Waals surface area contributed by atoms with Crippen LogP contribution in [0.2, 0.25) is 0 Å². The molecule has 1 aromatic heterocycles. The van der Waals surface area contributed by atoms with Crippen LogP contribution in [-0.4, -0.2) is 16.1 Å². The molecule has 0 bridgehead atoms. The number of pyridine rings is 1. The Bertz CT molecular complexity index is 714. The molecule has 0 aliphatic rings. The summed E-state index contributed by atoms with van der Waals surface area (Å²) < 4.78 is 31.8. The van der Waals surface area contributed by atoms with E-state index in [-0.39, 0.29) is 11.6 Å². The van der Waals surface area contributed by atoms with Crippen LogP contribution in [-0.2, 0) is 4.79 Å². The second-order valence-electron chi connectivity index (χ2n) is 4.22. The highest BCUT2D eigenvalue weighted by Gasteiger charge is 2.11. The highest BCUT2D eigenvalue weighted by Crippen LogP contribution is 2.27. The number of halogens is 2. The zero-order valence-corrected chi connectivity index (χ0v) is 11.0. The van der Waals surface area contributed by atoms with Crippen molar-refractivity contribution in [2.45, 2.75) is 6.92 Å². The summed E-state index contributed by atoms with van der Waals surface area (Å²) in [4.78, 5) is 14.4. The van der Waals surface area contributed by atoms with Gasteiger partial charge in [-0.3, -0.25) is 0 Å². The second kappa shape index (κ2) is 6.13. The molecule has 0 aliphatic heterocycles. The maximum absolute atomic E-state index is 13.5. The van der Waals surface area contributed by atoms with Crippen molar-refractivity contribution in [1.29, 1.82) is 0 Å². The lowest BCUT2D eigenvalue weighted by Gasteiger charge is -2.09. The number of rotatable bonds is 4. The van der Waals surface area contributed by atoms with Crippen molar-refractivity contribution in [3.8, 4) is 11.6 Å². The summed E-state index contributed by atoms with van der Waals surface area (Å²) in [5, 5.41) is 8.54. The fourth-order valence-corrected chi connectivity index (χ4v) is 1.62. The Morgan fingerprint density at radius 2 is 2.14 bits per heavy atom. The Morgan fingerprint density at radius 3 is 2.81 bits per heavy atom. The number of aliphatic carboxylic acids is 1. The summed E-state index contributed by atoms with van der Waals surface area (Å²) in [5.41, 5.74) is 1.12. The lowest BCUT2D eigenvalue weighted by Crippen LogP contribution is -1.96. The minimum Gasteiger partial charge on any atom is -0.478 e. The van der Waals surface area contributed by atoms with Gasteiger partial charge < -0.3 is 9.84 Å². The van der Waals surface area contributed by atoms with E-state index in [0.29, 0.717) is 11.1 Å². The quantitative estimate of drug-likeness (QED) is 0.875. The Hall–Kier alpha value is -2.76. The number of nitrogens with zero attached hydrogens (tertiary/aromatic N) is 1. The first-order chi connectivity index (χ1) is 9.97. The predicted molar refractivity (Wildman–Crippen MR) is 72.1 cm³/mol. The molecule has 0 spiro atoms. The van der Waals surface area contributed by atoms with Gasteiger partial charge in [0.1, 0.15) is 0 Å². The lowest BCUT2D eigenvalue weighted by atomic mass is 10.2. The van der Waals surface area contributed by atoms with E-state index in [2.05, 4.69) is 4.98 Å². The number of carboxylic acids is 1. The van der Waals surface area contributed by atoms with Crippen molar-refractivity contribution in [3.05, 3.63) is 59.3 Å². The van der Waals surface area contributed by atoms with Crippen molar-refractivity contribution in [1.82, 2.24) is 4.98 Å². The van der Waals surface area contributed by atoms with Gasteiger partial charge in [-0.2, -0.15) is 4.39 Å². The van der Waals surface area contributed by atoms with E-state index >= 15 is 0 Å². The smallest absolute Gasteiger partial charge is 0.328 e. The normalized spacial score (nSPS) is 10.8. The van der Waals surface area contributed by atoms with Crippen LogP contribution >= 0.6 is 0 Å². The minimum absolute atomic E-state index is 0.118. The van der Waals surface area contributed by atoms with Crippen molar-refractivity contribution in [2.24, 2.45) is 0 Å². The SMILES string of the molecule is Cc1cc(/C=C/C(=O)O)cnc1Oc1cccc(F)c1F. The molecule has 0 amide bonds. The number of hydrogen-bond acceptors (Lipinski definition) is 3. The number of ether oxygens (including phenoxy) is 1. The summed E-state index contributed by atoms with van der Waals surface area (Å²) in [5.74, 6) is -3.32. The molecule has 1 aromatic carbocycles. The fraction of sp³-hybridized carbons (Fsp3) is 0.0667. The van der Waals surface area contributed by atoms with Crippen LogP contribution in [0.3, 0.4) is 0 Å². The Morgan fingerprint density at radius 1 is 1.38 bits per heavy atom. The largest absolute Gasteiger partial charge is 0.478 e. The van der Waals surface area contributed by atoms with Gasteiger partial charge in [-0.15, -0.1) is 0 Å². The zero-order chi connectivity index (χ0) is 15.4. The highest BCUT2D eigenvalue weighted by atomic mass is 19.2. The minimum atomic E-state index is -1.09. The van der Waals surface area contributed by atoms with Crippen LogP contribution in [0.4, 0.5) is 8.78 Å². The first-order valence-electron chi connectivity index (χ1n) is 5.97. The number of aromatic nitrogens is 1. The summed E-state index contributed by atoms with van der Waals surface area (Å²) in [6.45, 7) is 1.66. The van der Waals surface area contributed by atoms with Crippen LogP contribution in [0.1, 0.15) is 11.1 Å². The van der Waals surface area contributed by atoms with E-state index in [1.54, 1.807) is 13.0 Å². The summed E-state index contributed by atoms with van der Waals surface area (Å²) in [7, 11) is 0. The molecule has 0 aliphatic carbocycles. The Balaban J connectivity index is 2.25. The van der Waals surface area contributed by atoms with Crippen LogP contribution in [0.15, 0.2) is 36.5 Å². The third kappa shape index (κ3) is 3.62. The molecule has 0 unspecified atom stereocenters. The molecule has 1 N–H and O–H groups in total. The van der Waals surface area contributed by atoms with E-state index < -0.39 is 17.6 Å². The van der Waals surface area contributed by atoms with Crippen molar-refractivity contribution in [3.63, 3.8) is 0 Å². The molecular weight excluding hydrogens is 280 g/mol. The number of benzene rings is 1. The van der Waals surface area contributed by atoms with Crippen LogP contribution in [0.25, 0.3) is 6.08 Å². The van der Waals surface area contributed by atoms with Gasteiger partial charge in [0.25, 0.3) is 0 Å².